The first-order valence-electron chi connectivity index (χ1n) is 38.6. The number of phosphoric ester groups is 2. The number of carbonyl (C=O) groups excluding carboxylic acids is 4. The Morgan fingerprint density at radius 1 is 0.301 bits per heavy atom. The number of hydrogen-bond donors (Lipinski definition) is 3. The second-order valence-corrected chi connectivity index (χ2v) is 30.1. The predicted octanol–water partition coefficient (Wildman–Crippen LogP) is 21.6. The standard InChI is InChI=1S/C74H144O17P2/c1-7-11-13-15-16-17-18-29-35-40-46-52-58-73(78)90-69(62-84-71(76)56-50-42-14-12-8-2)64-88-92(80,81)86-60-68(75)61-87-93(82,83)89-65-70(91-74(79)59-53-47-41-36-31-26-22-20-24-28-33-38-44-49-55-67(6)10-4)63-85-72(77)57-51-45-39-34-30-25-21-19-23-27-32-37-43-48-54-66(5)9-3/h66-70,75H,7-65H2,1-6H3,(H,80,81)(H,82,83)/t66?,67?,68-,69+,70+/m0/s1. The Morgan fingerprint density at radius 2 is 0.516 bits per heavy atom. The van der Waals surface area contributed by atoms with Gasteiger partial charge in [0.25, 0.3) is 0 Å². The van der Waals surface area contributed by atoms with Crippen LogP contribution in [0.4, 0.5) is 0 Å². The Hall–Kier alpha value is -1.94. The molecule has 0 heterocycles. The highest BCUT2D eigenvalue weighted by atomic mass is 31.2. The van der Waals surface area contributed by atoms with Crippen molar-refractivity contribution in [2.24, 2.45) is 11.8 Å². The second-order valence-electron chi connectivity index (χ2n) is 27.2. The summed E-state index contributed by atoms with van der Waals surface area (Å²) in [5.41, 5.74) is 0. The zero-order valence-electron chi connectivity index (χ0n) is 60.6. The zero-order chi connectivity index (χ0) is 68.6. The molecule has 0 fully saturated rings. The molecule has 0 saturated heterocycles. The molecule has 0 amide bonds. The lowest BCUT2D eigenvalue weighted by Gasteiger charge is -2.21. The van der Waals surface area contributed by atoms with Crippen LogP contribution in [0, 0.1) is 11.8 Å². The third-order valence-corrected chi connectivity index (χ3v) is 19.8. The van der Waals surface area contributed by atoms with Gasteiger partial charge in [0.05, 0.1) is 26.4 Å². The van der Waals surface area contributed by atoms with Crippen molar-refractivity contribution in [2.75, 3.05) is 39.6 Å². The second kappa shape index (κ2) is 66.0. The first-order chi connectivity index (χ1) is 44.9. The van der Waals surface area contributed by atoms with E-state index in [2.05, 4.69) is 41.5 Å². The fraction of sp³-hybridized carbons (Fsp3) is 0.946. The van der Waals surface area contributed by atoms with Gasteiger partial charge < -0.3 is 33.8 Å². The number of aliphatic hydroxyl groups excluding tert-OH is 1. The van der Waals surface area contributed by atoms with Gasteiger partial charge in [-0.3, -0.25) is 37.3 Å². The van der Waals surface area contributed by atoms with Gasteiger partial charge in [0, 0.05) is 25.7 Å². The molecule has 0 saturated carbocycles. The Kier molecular flexibility index (Phi) is 64.6. The van der Waals surface area contributed by atoms with E-state index in [0.29, 0.717) is 25.7 Å². The van der Waals surface area contributed by atoms with Crippen LogP contribution in [-0.4, -0.2) is 96.7 Å². The minimum atomic E-state index is -4.95. The van der Waals surface area contributed by atoms with Crippen molar-refractivity contribution in [3.05, 3.63) is 0 Å². The number of ether oxygens (including phenoxy) is 4. The molecule has 7 atom stereocenters. The van der Waals surface area contributed by atoms with Crippen molar-refractivity contribution < 1.29 is 80.2 Å². The third-order valence-electron chi connectivity index (χ3n) is 17.9. The maximum atomic E-state index is 13.1. The molecule has 0 bridgehead atoms. The Morgan fingerprint density at radius 3 is 0.763 bits per heavy atom. The van der Waals surface area contributed by atoms with Gasteiger partial charge in [0.2, 0.25) is 0 Å². The molecule has 0 rings (SSSR count). The van der Waals surface area contributed by atoms with E-state index in [-0.39, 0.29) is 25.7 Å². The van der Waals surface area contributed by atoms with Crippen molar-refractivity contribution in [1.29, 1.82) is 0 Å². The summed E-state index contributed by atoms with van der Waals surface area (Å²) in [6.45, 7) is 9.60. The fourth-order valence-corrected chi connectivity index (χ4v) is 12.8. The van der Waals surface area contributed by atoms with Crippen LogP contribution >= 0.6 is 15.6 Å². The maximum absolute atomic E-state index is 13.1. The first-order valence-corrected chi connectivity index (χ1v) is 41.6. The molecule has 0 aliphatic rings. The minimum Gasteiger partial charge on any atom is -0.462 e. The summed E-state index contributed by atoms with van der Waals surface area (Å²) in [6.07, 6.45) is 52.9. The monoisotopic (exact) mass is 1370 g/mol. The van der Waals surface area contributed by atoms with Crippen LogP contribution < -0.4 is 0 Å². The maximum Gasteiger partial charge on any atom is 0.472 e. The van der Waals surface area contributed by atoms with Gasteiger partial charge in [-0.15, -0.1) is 0 Å². The summed E-state index contributed by atoms with van der Waals surface area (Å²) in [7, 11) is -9.90. The highest BCUT2D eigenvalue weighted by Gasteiger charge is 2.30. The molecule has 0 aliphatic carbocycles. The topological polar surface area (TPSA) is 237 Å². The average Bonchev–Trinajstić information content (AvgIpc) is 3.18. The number of hydrogen-bond acceptors (Lipinski definition) is 15. The summed E-state index contributed by atoms with van der Waals surface area (Å²) in [5.74, 6) is -0.433. The van der Waals surface area contributed by atoms with Crippen LogP contribution in [-0.2, 0) is 65.4 Å². The lowest BCUT2D eigenvalue weighted by molar-refractivity contribution is -0.161. The van der Waals surface area contributed by atoms with Crippen molar-refractivity contribution in [3.63, 3.8) is 0 Å². The SMILES string of the molecule is CCCCCCCCCCCCCCC(=O)O[C@H](COC(=O)CCCCCCC)COP(=O)(O)OC[C@H](O)COP(=O)(O)OC[C@@H](COC(=O)CCCCCCCCCCCCCCCCC(C)CC)OC(=O)CCCCCCCCCCCCCCCCC(C)CC. The van der Waals surface area contributed by atoms with E-state index in [1.165, 1.54) is 193 Å². The fourth-order valence-electron chi connectivity index (χ4n) is 11.2. The summed E-state index contributed by atoms with van der Waals surface area (Å²) in [6, 6.07) is 0. The van der Waals surface area contributed by atoms with Crippen LogP contribution in [0.2, 0.25) is 0 Å². The van der Waals surface area contributed by atoms with Gasteiger partial charge >= 0.3 is 39.5 Å². The summed E-state index contributed by atoms with van der Waals surface area (Å²) >= 11 is 0. The number of unbranched alkanes of at least 4 members (excludes halogenated alkanes) is 41. The van der Waals surface area contributed by atoms with Crippen molar-refractivity contribution in [2.45, 2.75) is 400 Å². The van der Waals surface area contributed by atoms with Gasteiger partial charge in [-0.05, 0) is 37.5 Å². The highest BCUT2D eigenvalue weighted by molar-refractivity contribution is 7.47. The molecule has 0 radical (unpaired) electrons. The summed E-state index contributed by atoms with van der Waals surface area (Å²) < 4.78 is 68.2. The lowest BCUT2D eigenvalue weighted by atomic mass is 9.99. The average molecular weight is 1370 g/mol. The van der Waals surface area contributed by atoms with Crippen LogP contribution in [0.5, 0.6) is 0 Å². The molecular formula is C74H144O17P2. The van der Waals surface area contributed by atoms with Gasteiger partial charge in [-0.2, -0.15) is 0 Å². The van der Waals surface area contributed by atoms with Gasteiger partial charge in [-0.25, -0.2) is 9.13 Å². The van der Waals surface area contributed by atoms with E-state index >= 15 is 0 Å². The van der Waals surface area contributed by atoms with E-state index < -0.39 is 97.5 Å². The van der Waals surface area contributed by atoms with Crippen molar-refractivity contribution in [1.82, 2.24) is 0 Å². The quantitative estimate of drug-likeness (QED) is 0.0222. The van der Waals surface area contributed by atoms with E-state index in [9.17, 15) is 43.2 Å². The van der Waals surface area contributed by atoms with E-state index in [1.807, 2.05) is 0 Å². The predicted molar refractivity (Wildman–Crippen MR) is 377 cm³/mol. The smallest absolute Gasteiger partial charge is 0.462 e. The van der Waals surface area contributed by atoms with Crippen LogP contribution in [0.25, 0.3) is 0 Å². The Labute approximate surface area is 568 Å². The molecule has 19 heteroatoms. The molecule has 0 spiro atoms. The zero-order valence-corrected chi connectivity index (χ0v) is 62.3. The molecular weight excluding hydrogens is 1220 g/mol. The molecule has 0 aromatic carbocycles. The molecule has 93 heavy (non-hydrogen) atoms. The first kappa shape index (κ1) is 91.1. The molecule has 3 N–H and O–H groups in total. The number of esters is 4. The molecule has 0 aromatic rings. The number of phosphoric acid groups is 2. The number of carbonyl (C=O) groups is 4. The van der Waals surface area contributed by atoms with Gasteiger partial charge in [0.1, 0.15) is 19.3 Å². The van der Waals surface area contributed by atoms with E-state index in [4.69, 9.17) is 37.0 Å². The summed E-state index contributed by atoms with van der Waals surface area (Å²) in [5, 5.41) is 10.6. The Bertz CT molecular complexity index is 1810. The number of aliphatic hydroxyl groups is 1. The lowest BCUT2D eigenvalue weighted by Crippen LogP contribution is -2.30. The van der Waals surface area contributed by atoms with Crippen molar-refractivity contribution in [3.8, 4) is 0 Å². The van der Waals surface area contributed by atoms with Crippen LogP contribution in [0.1, 0.15) is 382 Å². The highest BCUT2D eigenvalue weighted by Crippen LogP contribution is 2.45. The van der Waals surface area contributed by atoms with Crippen LogP contribution in [0.3, 0.4) is 0 Å². The van der Waals surface area contributed by atoms with E-state index in [1.54, 1.807) is 0 Å². The molecule has 552 valence electrons. The molecule has 0 aliphatic heterocycles. The Balaban J connectivity index is 5.15. The largest absolute Gasteiger partial charge is 0.472 e. The molecule has 4 unspecified atom stereocenters. The minimum absolute atomic E-state index is 0.106. The van der Waals surface area contributed by atoms with Gasteiger partial charge in [-0.1, -0.05) is 330 Å². The normalized spacial score (nSPS) is 14.6. The number of rotatable bonds is 73. The van der Waals surface area contributed by atoms with Gasteiger partial charge in [0.15, 0.2) is 12.2 Å². The van der Waals surface area contributed by atoms with Crippen LogP contribution in [0.15, 0.2) is 0 Å². The molecule has 17 nitrogen and oxygen atoms in total. The summed E-state index contributed by atoms with van der Waals surface area (Å²) in [4.78, 5) is 72.4. The molecule has 0 aromatic heterocycles. The third kappa shape index (κ3) is 65.8. The van der Waals surface area contributed by atoms with Crippen molar-refractivity contribution >= 4 is 39.5 Å². The van der Waals surface area contributed by atoms with E-state index in [0.717, 1.165) is 108 Å².